The van der Waals surface area contributed by atoms with E-state index in [1.165, 1.54) is 6.21 Å². The van der Waals surface area contributed by atoms with E-state index in [1.807, 2.05) is 4.90 Å². The lowest BCUT2D eigenvalue weighted by atomic mass is 10.1. The number of hydrogen-bond donors (Lipinski definition) is 2. The average molecular weight is 516 g/mol. The summed E-state index contributed by atoms with van der Waals surface area (Å²) in [4.78, 5) is 12.0. The molecule has 0 bridgehead atoms. The van der Waals surface area contributed by atoms with Crippen LogP contribution < -0.4 is 15.2 Å². The van der Waals surface area contributed by atoms with E-state index in [0.29, 0.717) is 63.9 Å². The zero-order valence-corrected chi connectivity index (χ0v) is 18.9. The van der Waals surface area contributed by atoms with Gasteiger partial charge in [-0.25, -0.2) is 14.8 Å². The van der Waals surface area contributed by atoms with Gasteiger partial charge in [0.2, 0.25) is 5.95 Å². The molecule has 9 nitrogen and oxygen atoms in total. The monoisotopic (exact) mass is 514 g/mol. The topological polar surface area (TPSA) is 95.3 Å². The molecule has 166 valence electrons. The Morgan fingerprint density at radius 3 is 2.48 bits per heavy atom. The van der Waals surface area contributed by atoms with E-state index in [1.54, 1.807) is 11.0 Å². The van der Waals surface area contributed by atoms with Crippen LogP contribution in [-0.2, 0) is 9.47 Å². The Balaban J connectivity index is 1.50. The Morgan fingerprint density at radius 1 is 1.16 bits per heavy atom. The first-order valence-electron chi connectivity index (χ1n) is 9.72. The Kier molecular flexibility index (Phi) is 7.06. The van der Waals surface area contributed by atoms with Crippen LogP contribution in [0.2, 0.25) is 5.02 Å². The van der Waals surface area contributed by atoms with Crippen molar-refractivity contribution in [2.45, 2.75) is 0 Å². The molecule has 2 fully saturated rings. The van der Waals surface area contributed by atoms with Crippen molar-refractivity contribution in [1.29, 1.82) is 0 Å². The quantitative estimate of drug-likeness (QED) is 0.464. The van der Waals surface area contributed by atoms with Crippen molar-refractivity contribution in [2.24, 2.45) is 5.10 Å². The first-order chi connectivity index (χ1) is 15.0. The maximum absolute atomic E-state index is 14.1. The third-order valence-corrected chi connectivity index (χ3v) is 5.89. The first kappa shape index (κ1) is 22.0. The van der Waals surface area contributed by atoms with Crippen LogP contribution in [0.25, 0.3) is 0 Å². The molecule has 2 aromatic rings. The Bertz CT molecular complexity index is 970. The summed E-state index contributed by atoms with van der Waals surface area (Å²) in [6, 6.07) is 1.72. The number of halogens is 3. The fourth-order valence-electron chi connectivity index (χ4n) is 3.36. The molecule has 2 saturated heterocycles. The zero-order valence-electron chi connectivity index (χ0n) is 16.5. The number of aromatic nitrogens is 2. The first-order valence-corrected chi connectivity index (χ1v) is 10.9. The third-order valence-electron chi connectivity index (χ3n) is 4.93. The second kappa shape index (κ2) is 9.94. The minimum absolute atomic E-state index is 0.0917. The molecule has 0 saturated carbocycles. The van der Waals surface area contributed by atoms with Crippen LogP contribution in [0.3, 0.4) is 0 Å². The van der Waals surface area contributed by atoms with E-state index in [0.717, 1.165) is 10.7 Å². The second-order valence-corrected chi connectivity index (χ2v) is 8.13. The predicted molar refractivity (Wildman–Crippen MR) is 120 cm³/mol. The highest BCUT2D eigenvalue weighted by Crippen LogP contribution is 2.42. The molecular formula is C19H21BrClFN6O3. The van der Waals surface area contributed by atoms with Gasteiger partial charge in [0.1, 0.15) is 10.8 Å². The number of benzene rings is 1. The summed E-state index contributed by atoms with van der Waals surface area (Å²) in [5.41, 5.74) is 3.78. The second-order valence-electron chi connectivity index (χ2n) is 6.89. The third kappa shape index (κ3) is 5.00. The van der Waals surface area contributed by atoms with Gasteiger partial charge in [-0.3, -0.25) is 0 Å². The molecule has 0 radical (unpaired) electrons. The molecule has 2 aliphatic heterocycles. The summed E-state index contributed by atoms with van der Waals surface area (Å²) in [6.07, 6.45) is 2.49. The maximum atomic E-state index is 14.1. The standard InChI is InChI=1S/C19H21BrClFN6O3/c20-13-9-12(17(29)15(21)16(13)27-1-5-30-6-2-27)10-24-26-19-23-11-14(22)18(25-19)28-3-7-31-8-4-28/h9-11,29H,1-8H2,(H,23,25,26)/b24-10-. The summed E-state index contributed by atoms with van der Waals surface area (Å²) in [7, 11) is 0. The van der Waals surface area contributed by atoms with Gasteiger partial charge >= 0.3 is 0 Å². The SMILES string of the molecule is Oc1c(/C=N\Nc2ncc(F)c(N3CCOCC3)n2)cc(Br)c(N2CCOCC2)c1Cl. The van der Waals surface area contributed by atoms with E-state index >= 15 is 0 Å². The number of phenols is 1. The van der Waals surface area contributed by atoms with Crippen molar-refractivity contribution in [3.8, 4) is 5.75 Å². The van der Waals surface area contributed by atoms with Gasteiger partial charge < -0.3 is 24.4 Å². The molecular weight excluding hydrogens is 495 g/mol. The van der Waals surface area contributed by atoms with Crippen molar-refractivity contribution in [3.05, 3.63) is 33.1 Å². The smallest absolute Gasteiger partial charge is 0.245 e. The van der Waals surface area contributed by atoms with Crippen LogP contribution >= 0.6 is 27.5 Å². The van der Waals surface area contributed by atoms with E-state index in [2.05, 4.69) is 36.4 Å². The summed E-state index contributed by atoms with van der Waals surface area (Å²) in [6.45, 7) is 4.68. The molecule has 0 unspecified atom stereocenters. The number of nitrogens with one attached hydrogen (secondary N) is 1. The van der Waals surface area contributed by atoms with Gasteiger partial charge in [0.25, 0.3) is 0 Å². The number of anilines is 3. The van der Waals surface area contributed by atoms with Gasteiger partial charge in [-0.05, 0) is 22.0 Å². The molecule has 2 N–H and O–H groups in total. The number of hydrazone groups is 1. The van der Waals surface area contributed by atoms with Crippen LogP contribution in [-0.4, -0.2) is 73.9 Å². The normalized spacial score (nSPS) is 17.4. The largest absolute Gasteiger partial charge is 0.506 e. The van der Waals surface area contributed by atoms with E-state index in [-0.39, 0.29) is 22.5 Å². The Labute approximate surface area is 191 Å². The van der Waals surface area contributed by atoms with Crippen LogP contribution in [0.5, 0.6) is 5.75 Å². The van der Waals surface area contributed by atoms with Gasteiger partial charge in [0.15, 0.2) is 11.6 Å². The van der Waals surface area contributed by atoms with E-state index in [9.17, 15) is 9.50 Å². The summed E-state index contributed by atoms with van der Waals surface area (Å²) < 4.78 is 25.5. The van der Waals surface area contributed by atoms with Gasteiger partial charge in [0, 0.05) is 36.2 Å². The molecule has 4 rings (SSSR count). The van der Waals surface area contributed by atoms with Crippen molar-refractivity contribution in [3.63, 3.8) is 0 Å². The van der Waals surface area contributed by atoms with Crippen molar-refractivity contribution in [2.75, 3.05) is 67.8 Å². The fraction of sp³-hybridized carbons (Fsp3) is 0.421. The lowest BCUT2D eigenvalue weighted by molar-refractivity contribution is 0.122. The number of phenolic OH excluding ortho intramolecular Hbond substituents is 1. The molecule has 3 heterocycles. The Hall–Kier alpha value is -2.21. The van der Waals surface area contributed by atoms with Gasteiger partial charge in [-0.1, -0.05) is 11.6 Å². The van der Waals surface area contributed by atoms with E-state index < -0.39 is 5.82 Å². The molecule has 0 spiro atoms. The highest BCUT2D eigenvalue weighted by atomic mass is 79.9. The lowest BCUT2D eigenvalue weighted by Crippen LogP contribution is -2.37. The number of hydrogen-bond acceptors (Lipinski definition) is 9. The molecule has 1 aromatic heterocycles. The van der Waals surface area contributed by atoms with Crippen molar-refractivity contribution < 1.29 is 19.0 Å². The zero-order chi connectivity index (χ0) is 21.8. The highest BCUT2D eigenvalue weighted by molar-refractivity contribution is 9.10. The average Bonchev–Trinajstić information content (AvgIpc) is 2.79. The van der Waals surface area contributed by atoms with Crippen LogP contribution in [0.1, 0.15) is 5.56 Å². The van der Waals surface area contributed by atoms with Crippen LogP contribution in [0.4, 0.5) is 21.8 Å². The number of rotatable bonds is 5. The van der Waals surface area contributed by atoms with Crippen LogP contribution in [0.15, 0.2) is 21.8 Å². The number of nitrogens with zero attached hydrogens (tertiary/aromatic N) is 5. The summed E-state index contributed by atoms with van der Waals surface area (Å²) >= 11 is 9.95. The molecule has 0 aliphatic carbocycles. The minimum atomic E-state index is -0.511. The van der Waals surface area contributed by atoms with Gasteiger partial charge in [0.05, 0.1) is 44.5 Å². The maximum Gasteiger partial charge on any atom is 0.245 e. The Morgan fingerprint density at radius 2 is 1.81 bits per heavy atom. The van der Waals surface area contributed by atoms with Gasteiger partial charge in [-0.15, -0.1) is 0 Å². The molecule has 31 heavy (non-hydrogen) atoms. The highest BCUT2D eigenvalue weighted by Gasteiger charge is 2.22. The minimum Gasteiger partial charge on any atom is -0.506 e. The van der Waals surface area contributed by atoms with E-state index in [4.69, 9.17) is 21.1 Å². The van der Waals surface area contributed by atoms with Crippen LogP contribution in [0, 0.1) is 5.82 Å². The molecule has 0 atom stereocenters. The van der Waals surface area contributed by atoms with Gasteiger partial charge in [-0.2, -0.15) is 10.1 Å². The molecule has 2 aliphatic rings. The number of ether oxygens (including phenoxy) is 2. The van der Waals surface area contributed by atoms with Crippen molar-refractivity contribution >= 4 is 51.2 Å². The summed E-state index contributed by atoms with van der Waals surface area (Å²) in [5.74, 6) is -0.275. The lowest BCUT2D eigenvalue weighted by Gasteiger charge is -2.30. The number of morpholine rings is 2. The predicted octanol–water partition coefficient (Wildman–Crippen LogP) is 2.86. The summed E-state index contributed by atoms with van der Waals surface area (Å²) in [5, 5.41) is 14.9. The fourth-order valence-corrected chi connectivity index (χ4v) is 4.50. The molecule has 0 amide bonds. The number of aromatic hydroxyl groups is 1. The van der Waals surface area contributed by atoms with Crippen molar-refractivity contribution in [1.82, 2.24) is 9.97 Å². The molecule has 1 aromatic carbocycles. The molecule has 12 heteroatoms.